The minimum atomic E-state index is -0.404. The zero-order valence-electron chi connectivity index (χ0n) is 15.2. The highest BCUT2D eigenvalue weighted by atomic mass is 16.2. The van der Waals surface area contributed by atoms with Gasteiger partial charge in [0.25, 0.3) is 0 Å². The van der Waals surface area contributed by atoms with Crippen LogP contribution in [0.15, 0.2) is 18.2 Å². The van der Waals surface area contributed by atoms with Crippen molar-refractivity contribution in [2.75, 3.05) is 36.0 Å². The summed E-state index contributed by atoms with van der Waals surface area (Å²) in [6.45, 7) is 5.50. The molecule has 3 heterocycles. The van der Waals surface area contributed by atoms with E-state index in [2.05, 4.69) is 39.7 Å². The van der Waals surface area contributed by atoms with Crippen LogP contribution in [0.1, 0.15) is 19.8 Å². The topological polar surface area (TPSA) is 82.5 Å². The van der Waals surface area contributed by atoms with Crippen LogP contribution in [-0.4, -0.2) is 53.9 Å². The fourth-order valence-corrected chi connectivity index (χ4v) is 3.72. The zero-order chi connectivity index (χ0) is 18.3. The van der Waals surface area contributed by atoms with Gasteiger partial charge in [-0.25, -0.2) is 4.79 Å². The number of carbonyl (C=O) groups excluding carboxylic acids is 2. The molecule has 4 rings (SSSR count). The molecule has 26 heavy (non-hydrogen) atoms. The predicted molar refractivity (Wildman–Crippen MR) is 101 cm³/mol. The van der Waals surface area contributed by atoms with Gasteiger partial charge in [-0.05, 0) is 24.6 Å². The summed E-state index contributed by atoms with van der Waals surface area (Å²) in [6.07, 6.45) is 1.40. The van der Waals surface area contributed by atoms with Crippen molar-refractivity contribution >= 4 is 34.3 Å². The van der Waals surface area contributed by atoms with Gasteiger partial charge in [0.2, 0.25) is 5.91 Å². The molecule has 8 nitrogen and oxygen atoms in total. The molecule has 1 atom stereocenters. The Bertz CT molecular complexity index is 861. The molecule has 1 aromatic carbocycles. The van der Waals surface area contributed by atoms with E-state index in [1.807, 2.05) is 13.1 Å². The summed E-state index contributed by atoms with van der Waals surface area (Å²) in [5.41, 5.74) is 2.15. The summed E-state index contributed by atoms with van der Waals surface area (Å²) in [7, 11) is 1.88. The smallest absolute Gasteiger partial charge is 0.329 e. The molecule has 0 saturated carbocycles. The van der Waals surface area contributed by atoms with Crippen LogP contribution in [0.5, 0.6) is 0 Å². The number of anilines is 2. The second-order valence-corrected chi connectivity index (χ2v) is 6.91. The molecular weight excluding hydrogens is 332 g/mol. The van der Waals surface area contributed by atoms with Gasteiger partial charge in [-0.1, -0.05) is 6.92 Å². The number of hydrogen-bond donors (Lipinski definition) is 2. The van der Waals surface area contributed by atoms with Gasteiger partial charge in [0.1, 0.15) is 0 Å². The van der Waals surface area contributed by atoms with E-state index in [9.17, 15) is 9.59 Å². The van der Waals surface area contributed by atoms with Gasteiger partial charge in [-0.2, -0.15) is 5.10 Å². The molecule has 2 aromatic rings. The van der Waals surface area contributed by atoms with Gasteiger partial charge in [0.15, 0.2) is 5.82 Å². The summed E-state index contributed by atoms with van der Waals surface area (Å²) in [5, 5.41) is 11.4. The number of nitrogens with zero attached hydrogens (tertiary/aromatic N) is 4. The number of aryl methyl sites for hydroxylation is 1. The van der Waals surface area contributed by atoms with Crippen LogP contribution in [0.2, 0.25) is 0 Å². The second kappa shape index (κ2) is 6.60. The van der Waals surface area contributed by atoms with E-state index in [-0.39, 0.29) is 5.91 Å². The minimum Gasteiger partial charge on any atom is -0.369 e. The Balaban J connectivity index is 1.66. The van der Waals surface area contributed by atoms with Gasteiger partial charge in [0, 0.05) is 56.8 Å². The molecule has 3 amide bonds. The van der Waals surface area contributed by atoms with Crippen molar-refractivity contribution in [1.29, 1.82) is 0 Å². The number of hydrogen-bond acceptors (Lipinski definition) is 5. The number of rotatable bonds is 3. The van der Waals surface area contributed by atoms with Crippen molar-refractivity contribution in [2.24, 2.45) is 7.05 Å². The average Bonchev–Trinajstić information content (AvgIpc) is 2.98. The quantitative estimate of drug-likeness (QED) is 0.864. The van der Waals surface area contributed by atoms with Crippen LogP contribution in [0.3, 0.4) is 0 Å². The average molecular weight is 356 g/mol. The first-order valence-corrected chi connectivity index (χ1v) is 9.13. The fraction of sp³-hybridized carbons (Fsp3) is 0.500. The SMILES string of the molecule is CCC1CN(c2ccc3c(N4CCC(=O)NC4=O)nn(C)c3c2)CCN1. The summed E-state index contributed by atoms with van der Waals surface area (Å²) in [4.78, 5) is 27.5. The predicted octanol–water partition coefficient (Wildman–Crippen LogP) is 1.21. The Morgan fingerprint density at radius 2 is 2.12 bits per heavy atom. The first-order chi connectivity index (χ1) is 12.6. The highest BCUT2D eigenvalue weighted by Gasteiger charge is 2.28. The number of benzene rings is 1. The van der Waals surface area contributed by atoms with E-state index in [1.165, 1.54) is 5.69 Å². The maximum absolute atomic E-state index is 12.2. The number of carbonyl (C=O) groups is 2. The minimum absolute atomic E-state index is 0.238. The lowest BCUT2D eigenvalue weighted by Gasteiger charge is -2.35. The molecule has 2 aliphatic rings. The molecule has 2 aliphatic heterocycles. The third kappa shape index (κ3) is 2.90. The van der Waals surface area contributed by atoms with Crippen molar-refractivity contribution in [1.82, 2.24) is 20.4 Å². The van der Waals surface area contributed by atoms with E-state index in [0.29, 0.717) is 24.8 Å². The Morgan fingerprint density at radius 3 is 2.88 bits per heavy atom. The van der Waals surface area contributed by atoms with Crippen LogP contribution < -0.4 is 20.4 Å². The lowest BCUT2D eigenvalue weighted by Crippen LogP contribution is -2.50. The van der Waals surface area contributed by atoms with Crippen LogP contribution in [0.25, 0.3) is 10.9 Å². The summed E-state index contributed by atoms with van der Waals surface area (Å²) in [5.74, 6) is 0.365. The van der Waals surface area contributed by atoms with E-state index in [4.69, 9.17) is 0 Å². The van der Waals surface area contributed by atoms with Gasteiger partial charge >= 0.3 is 6.03 Å². The van der Waals surface area contributed by atoms with Crippen molar-refractivity contribution in [3.8, 4) is 0 Å². The lowest BCUT2D eigenvalue weighted by molar-refractivity contribution is -0.120. The first-order valence-electron chi connectivity index (χ1n) is 9.13. The Kier molecular flexibility index (Phi) is 4.28. The monoisotopic (exact) mass is 356 g/mol. The molecule has 0 spiro atoms. The Labute approximate surface area is 152 Å². The van der Waals surface area contributed by atoms with Gasteiger partial charge in [-0.15, -0.1) is 0 Å². The number of urea groups is 1. The summed E-state index contributed by atoms with van der Waals surface area (Å²) >= 11 is 0. The third-order valence-electron chi connectivity index (χ3n) is 5.24. The maximum Gasteiger partial charge on any atom is 0.329 e. The number of piperazine rings is 1. The highest BCUT2D eigenvalue weighted by molar-refractivity contribution is 6.09. The maximum atomic E-state index is 12.2. The molecule has 8 heteroatoms. The fourth-order valence-electron chi connectivity index (χ4n) is 3.72. The number of nitrogens with one attached hydrogen (secondary N) is 2. The molecule has 1 aromatic heterocycles. The van der Waals surface area contributed by atoms with Gasteiger partial charge in [-0.3, -0.25) is 19.7 Å². The van der Waals surface area contributed by atoms with Crippen LogP contribution in [0, 0.1) is 0 Å². The first kappa shape index (κ1) is 16.8. The van der Waals surface area contributed by atoms with Gasteiger partial charge in [0.05, 0.1) is 5.52 Å². The molecule has 0 aliphatic carbocycles. The number of imide groups is 1. The van der Waals surface area contributed by atoms with Crippen LogP contribution in [0.4, 0.5) is 16.3 Å². The molecule has 1 unspecified atom stereocenters. The number of aromatic nitrogens is 2. The van der Waals surface area contributed by atoms with Crippen molar-refractivity contribution < 1.29 is 9.59 Å². The normalized spacial score (nSPS) is 21.4. The largest absolute Gasteiger partial charge is 0.369 e. The molecular formula is C18H24N6O2. The van der Waals surface area contributed by atoms with Crippen molar-refractivity contribution in [3.05, 3.63) is 18.2 Å². The van der Waals surface area contributed by atoms with Crippen LogP contribution >= 0.6 is 0 Å². The van der Waals surface area contributed by atoms with Crippen molar-refractivity contribution in [2.45, 2.75) is 25.8 Å². The Hall–Kier alpha value is -2.61. The molecule has 2 N–H and O–H groups in total. The molecule has 2 saturated heterocycles. The van der Waals surface area contributed by atoms with E-state index < -0.39 is 6.03 Å². The van der Waals surface area contributed by atoms with E-state index in [0.717, 1.165) is 37.0 Å². The standard InChI is InChI=1S/C18H24N6O2/c1-3-12-11-23(9-7-19-12)13-4-5-14-15(10-13)22(2)21-17(14)24-8-6-16(25)20-18(24)26/h4-5,10,12,19H,3,6-9,11H2,1-2H3,(H,20,25,26). The molecule has 0 radical (unpaired) electrons. The summed E-state index contributed by atoms with van der Waals surface area (Å²) in [6, 6.07) is 6.36. The second-order valence-electron chi connectivity index (χ2n) is 6.91. The third-order valence-corrected chi connectivity index (χ3v) is 5.24. The van der Waals surface area contributed by atoms with E-state index in [1.54, 1.807) is 9.58 Å². The molecule has 2 fully saturated rings. The molecule has 138 valence electrons. The summed E-state index contributed by atoms with van der Waals surface area (Å²) < 4.78 is 1.80. The lowest BCUT2D eigenvalue weighted by atomic mass is 10.1. The van der Waals surface area contributed by atoms with Crippen LogP contribution in [-0.2, 0) is 11.8 Å². The van der Waals surface area contributed by atoms with Gasteiger partial charge < -0.3 is 10.2 Å². The van der Waals surface area contributed by atoms with E-state index >= 15 is 0 Å². The highest BCUT2D eigenvalue weighted by Crippen LogP contribution is 2.30. The number of amides is 3. The Morgan fingerprint density at radius 1 is 1.27 bits per heavy atom. The number of fused-ring (bicyclic) bond motifs is 1. The zero-order valence-corrected chi connectivity index (χ0v) is 15.2. The van der Waals surface area contributed by atoms with Crippen molar-refractivity contribution in [3.63, 3.8) is 0 Å². The molecule has 0 bridgehead atoms.